The number of carbonyl (C=O) groups excluding carboxylic acids is 2. The van der Waals surface area contributed by atoms with Crippen molar-refractivity contribution >= 4 is 23.6 Å². The molecule has 1 aromatic rings. The molecule has 0 bridgehead atoms. The molecule has 4 nitrogen and oxygen atoms in total. The molecule has 1 aliphatic heterocycles. The van der Waals surface area contributed by atoms with Gasteiger partial charge in [0.1, 0.15) is 6.54 Å². The number of hydrogen-bond donors (Lipinski definition) is 0. The first-order valence-electron chi connectivity index (χ1n) is 7.39. The van der Waals surface area contributed by atoms with Crippen LogP contribution in [0, 0.1) is 0 Å². The van der Waals surface area contributed by atoms with Gasteiger partial charge >= 0.3 is 5.97 Å². The highest BCUT2D eigenvalue weighted by molar-refractivity contribution is 8.01. The highest BCUT2D eigenvalue weighted by Crippen LogP contribution is 2.39. The Bertz CT molecular complexity index is 531. The fourth-order valence-electron chi connectivity index (χ4n) is 2.62. The molecule has 1 unspecified atom stereocenters. The highest BCUT2D eigenvalue weighted by atomic mass is 32.2. The summed E-state index contributed by atoms with van der Waals surface area (Å²) in [6.45, 7) is 2.23. The molecule has 0 spiro atoms. The van der Waals surface area contributed by atoms with Crippen molar-refractivity contribution in [3.63, 3.8) is 0 Å². The predicted molar refractivity (Wildman–Crippen MR) is 81.2 cm³/mol. The van der Waals surface area contributed by atoms with Crippen LogP contribution < -0.4 is 0 Å². The minimum atomic E-state index is -0.307. The molecule has 1 heterocycles. The van der Waals surface area contributed by atoms with Crippen LogP contribution in [-0.4, -0.2) is 41.2 Å². The molecular formula is C16H19NO3S. The van der Waals surface area contributed by atoms with Crippen molar-refractivity contribution in [1.82, 2.24) is 4.90 Å². The van der Waals surface area contributed by atoms with E-state index in [0.717, 1.165) is 19.3 Å². The van der Waals surface area contributed by atoms with Gasteiger partial charge in [0.2, 0.25) is 5.91 Å². The van der Waals surface area contributed by atoms with Gasteiger partial charge in [0.05, 0.1) is 11.9 Å². The van der Waals surface area contributed by atoms with Crippen molar-refractivity contribution in [3.8, 4) is 0 Å². The van der Waals surface area contributed by atoms with Crippen LogP contribution in [0.4, 0.5) is 0 Å². The molecule has 1 fully saturated rings. The maximum Gasteiger partial charge on any atom is 0.325 e. The number of fused-ring (bicyclic) bond motifs is 1. The van der Waals surface area contributed by atoms with E-state index in [9.17, 15) is 9.59 Å². The molecule has 1 saturated carbocycles. The largest absolute Gasteiger partial charge is 0.465 e. The number of carbonyl (C=O) groups is 2. The van der Waals surface area contributed by atoms with Gasteiger partial charge in [-0.25, -0.2) is 0 Å². The summed E-state index contributed by atoms with van der Waals surface area (Å²) in [6, 6.07) is 8.35. The Morgan fingerprint density at radius 2 is 2.10 bits per heavy atom. The highest BCUT2D eigenvalue weighted by Gasteiger charge is 2.39. The lowest BCUT2D eigenvalue weighted by molar-refractivity contribution is -0.149. The van der Waals surface area contributed by atoms with Crippen molar-refractivity contribution in [3.05, 3.63) is 29.8 Å². The fourth-order valence-corrected chi connectivity index (χ4v) is 3.89. The summed E-state index contributed by atoms with van der Waals surface area (Å²) in [5.41, 5.74) is 1.23. The van der Waals surface area contributed by atoms with Gasteiger partial charge in [-0.05, 0) is 37.8 Å². The van der Waals surface area contributed by atoms with Crippen LogP contribution in [0.25, 0.3) is 0 Å². The molecule has 1 aromatic carbocycles. The second-order valence-electron chi connectivity index (χ2n) is 5.42. The summed E-state index contributed by atoms with van der Waals surface area (Å²) in [5.74, 6) is -0.231. The van der Waals surface area contributed by atoms with Crippen LogP contribution in [0.15, 0.2) is 29.2 Å². The van der Waals surface area contributed by atoms with Gasteiger partial charge in [-0.1, -0.05) is 18.2 Å². The van der Waals surface area contributed by atoms with Gasteiger partial charge < -0.3 is 9.64 Å². The van der Waals surface area contributed by atoms with E-state index in [1.807, 2.05) is 12.1 Å². The fraction of sp³-hybridized carbons (Fsp3) is 0.500. The van der Waals surface area contributed by atoms with E-state index in [4.69, 9.17) is 4.74 Å². The van der Waals surface area contributed by atoms with Crippen LogP contribution in [0.1, 0.15) is 25.3 Å². The van der Waals surface area contributed by atoms with Crippen molar-refractivity contribution in [2.75, 3.05) is 13.2 Å². The lowest BCUT2D eigenvalue weighted by Crippen LogP contribution is -2.42. The van der Waals surface area contributed by atoms with Crippen LogP contribution in [0.5, 0.6) is 0 Å². The zero-order valence-corrected chi connectivity index (χ0v) is 12.9. The van der Waals surface area contributed by atoms with Crippen LogP contribution >= 0.6 is 11.8 Å². The third-order valence-electron chi connectivity index (χ3n) is 3.80. The molecule has 1 atom stereocenters. The Morgan fingerprint density at radius 1 is 1.33 bits per heavy atom. The monoisotopic (exact) mass is 305 g/mol. The third-order valence-corrected chi connectivity index (χ3v) is 5.10. The molecule has 0 aromatic heterocycles. The molecule has 0 N–H and O–H groups in total. The number of thioether (sulfide) groups is 1. The third kappa shape index (κ3) is 3.23. The van der Waals surface area contributed by atoms with Crippen LogP contribution in [-0.2, 0) is 20.7 Å². The van der Waals surface area contributed by atoms with E-state index < -0.39 is 0 Å². The number of amides is 1. The molecular weight excluding hydrogens is 286 g/mol. The maximum atomic E-state index is 12.7. The van der Waals surface area contributed by atoms with E-state index in [1.165, 1.54) is 10.5 Å². The second kappa shape index (κ2) is 6.10. The Labute approximate surface area is 128 Å². The zero-order valence-electron chi connectivity index (χ0n) is 12.1. The number of benzene rings is 1. The second-order valence-corrected chi connectivity index (χ2v) is 6.67. The Balaban J connectivity index is 1.67. The normalized spacial score (nSPS) is 20.0. The van der Waals surface area contributed by atoms with Gasteiger partial charge in [-0.15, -0.1) is 11.8 Å². The number of ether oxygens (including phenoxy) is 1. The number of nitrogens with zero attached hydrogens (tertiary/aromatic N) is 1. The van der Waals surface area contributed by atoms with E-state index in [-0.39, 0.29) is 29.7 Å². The smallest absolute Gasteiger partial charge is 0.325 e. The average molecular weight is 305 g/mol. The van der Waals surface area contributed by atoms with Crippen molar-refractivity contribution < 1.29 is 14.3 Å². The topological polar surface area (TPSA) is 46.6 Å². The van der Waals surface area contributed by atoms with E-state index >= 15 is 0 Å². The van der Waals surface area contributed by atoms with Gasteiger partial charge in [0.25, 0.3) is 0 Å². The first kappa shape index (κ1) is 14.4. The molecule has 5 heteroatoms. The summed E-state index contributed by atoms with van der Waals surface area (Å²) in [5, 5.41) is -0.0996. The zero-order chi connectivity index (χ0) is 14.8. The van der Waals surface area contributed by atoms with Gasteiger partial charge in [0.15, 0.2) is 0 Å². The first-order chi connectivity index (χ1) is 10.2. The average Bonchev–Trinajstić information content (AvgIpc) is 3.22. The van der Waals surface area contributed by atoms with Gasteiger partial charge in [-0.3, -0.25) is 9.59 Å². The van der Waals surface area contributed by atoms with Crippen LogP contribution in [0.2, 0.25) is 0 Å². The van der Waals surface area contributed by atoms with Gasteiger partial charge in [0, 0.05) is 10.9 Å². The summed E-state index contributed by atoms with van der Waals surface area (Å²) in [4.78, 5) is 27.3. The quantitative estimate of drug-likeness (QED) is 0.783. The van der Waals surface area contributed by atoms with Crippen molar-refractivity contribution in [1.29, 1.82) is 0 Å². The Kier molecular flexibility index (Phi) is 4.19. The van der Waals surface area contributed by atoms with Gasteiger partial charge in [-0.2, -0.15) is 0 Å². The molecule has 1 amide bonds. The van der Waals surface area contributed by atoms with Crippen LogP contribution in [0.3, 0.4) is 0 Å². The Morgan fingerprint density at radius 3 is 2.76 bits per heavy atom. The molecule has 1 aliphatic carbocycles. The Hall–Kier alpha value is -1.49. The number of rotatable bonds is 5. The predicted octanol–water partition coefficient (Wildman–Crippen LogP) is 2.26. The number of esters is 1. The molecule has 21 heavy (non-hydrogen) atoms. The summed E-state index contributed by atoms with van der Waals surface area (Å²) < 4.78 is 4.99. The molecule has 0 saturated heterocycles. The minimum Gasteiger partial charge on any atom is -0.465 e. The summed E-state index contributed by atoms with van der Waals surface area (Å²) >= 11 is 1.61. The standard InChI is InChI=1S/C16H19NO3S/c1-2-20-15(18)10-17(12-7-8-12)16(19)14-9-11-5-3-4-6-13(11)21-14/h3-6,12,14H,2,7-10H2,1H3. The number of hydrogen-bond acceptors (Lipinski definition) is 4. The summed E-state index contributed by atoms with van der Waals surface area (Å²) in [6.07, 6.45) is 2.75. The van der Waals surface area contributed by atoms with E-state index in [0.29, 0.717) is 6.61 Å². The molecule has 112 valence electrons. The molecule has 2 aliphatic rings. The SMILES string of the molecule is CCOC(=O)CN(C(=O)C1Cc2ccccc2S1)C1CC1. The minimum absolute atomic E-state index is 0.0757. The summed E-state index contributed by atoms with van der Waals surface area (Å²) in [7, 11) is 0. The van der Waals surface area contributed by atoms with Crippen molar-refractivity contribution in [2.24, 2.45) is 0 Å². The van der Waals surface area contributed by atoms with Crippen molar-refractivity contribution in [2.45, 2.75) is 42.4 Å². The lowest BCUT2D eigenvalue weighted by Gasteiger charge is -2.24. The first-order valence-corrected chi connectivity index (χ1v) is 8.27. The molecule has 3 rings (SSSR count). The molecule has 0 radical (unpaired) electrons. The lowest BCUT2D eigenvalue weighted by atomic mass is 10.1. The maximum absolute atomic E-state index is 12.7. The van der Waals surface area contributed by atoms with E-state index in [1.54, 1.807) is 23.6 Å². The van der Waals surface area contributed by atoms with E-state index in [2.05, 4.69) is 12.1 Å².